The first-order valence-corrected chi connectivity index (χ1v) is 10.5. The van der Waals surface area contributed by atoms with E-state index in [1.165, 1.54) is 31.9 Å². The number of carbonyl (C=O) groups is 1. The fraction of sp³-hybridized carbons (Fsp3) is 0.375. The van der Waals surface area contributed by atoms with Gasteiger partial charge in [0.2, 0.25) is 0 Å². The molecule has 0 bridgehead atoms. The number of halogens is 3. The van der Waals surface area contributed by atoms with Crippen molar-refractivity contribution in [3.05, 3.63) is 92.8 Å². The van der Waals surface area contributed by atoms with Crippen molar-refractivity contribution >= 4 is 5.97 Å². The molecule has 0 radical (unpaired) electrons. The zero-order valence-electron chi connectivity index (χ0n) is 18.9. The molecule has 3 atom stereocenters. The summed E-state index contributed by atoms with van der Waals surface area (Å²) in [6.45, 7) is 3.02. The van der Waals surface area contributed by atoms with Gasteiger partial charge in [0.05, 0.1) is 22.1 Å². The minimum Gasteiger partial charge on any atom is -0.481 e. The first-order chi connectivity index (χ1) is 15.9. The van der Waals surface area contributed by atoms with Gasteiger partial charge in [0.15, 0.2) is 5.72 Å². The number of benzene rings is 2. The van der Waals surface area contributed by atoms with Crippen LogP contribution in [0.1, 0.15) is 36.5 Å². The molecule has 0 aliphatic carbocycles. The van der Waals surface area contributed by atoms with E-state index in [0.29, 0.717) is 6.42 Å². The lowest BCUT2D eigenvalue weighted by Gasteiger charge is -2.50. The average Bonchev–Trinajstić information content (AvgIpc) is 2.78. The number of nitrogens with zero attached hydrogens (tertiary/aromatic N) is 2. The normalized spacial score (nSPS) is 23.2. The number of rotatable bonds is 7. The molecule has 0 spiro atoms. The van der Waals surface area contributed by atoms with Gasteiger partial charge in [-0.1, -0.05) is 48.5 Å². The third-order valence-corrected chi connectivity index (χ3v) is 6.46. The van der Waals surface area contributed by atoms with Gasteiger partial charge in [-0.25, -0.2) is 0 Å². The molecule has 2 unspecified atom stereocenters. The molecule has 7 nitrogen and oxygen atoms in total. The number of allylic oxidation sites excluding steroid dienone is 2. The molecule has 34 heavy (non-hydrogen) atoms. The van der Waals surface area contributed by atoms with Crippen LogP contribution in [0.25, 0.3) is 0 Å². The van der Waals surface area contributed by atoms with Gasteiger partial charge in [0.25, 0.3) is 5.70 Å². The van der Waals surface area contributed by atoms with E-state index in [1.54, 1.807) is 0 Å². The van der Waals surface area contributed by atoms with Crippen molar-refractivity contribution < 1.29 is 32.7 Å². The highest BCUT2D eigenvalue weighted by atomic mass is 19.4. The van der Waals surface area contributed by atoms with Crippen LogP contribution in [0.15, 0.2) is 66.0 Å². The molecular weight excluding hydrogens is 453 g/mol. The Kier molecular flexibility index (Phi) is 7.02. The topological polar surface area (TPSA) is 92.9 Å². The monoisotopic (exact) mass is 478 g/mol. The van der Waals surface area contributed by atoms with E-state index in [9.17, 15) is 33.2 Å². The molecule has 0 aromatic heterocycles. The molecule has 1 heterocycles. The molecule has 182 valence electrons. The van der Waals surface area contributed by atoms with E-state index < -0.39 is 51.5 Å². The molecule has 0 saturated carbocycles. The number of methoxy groups -OCH3 is 1. The van der Waals surface area contributed by atoms with Crippen LogP contribution < -0.4 is 0 Å². The summed E-state index contributed by atoms with van der Waals surface area (Å²) >= 11 is 0. The summed E-state index contributed by atoms with van der Waals surface area (Å²) < 4.78 is 47.2. The van der Waals surface area contributed by atoms with Gasteiger partial charge >= 0.3 is 12.1 Å². The van der Waals surface area contributed by atoms with E-state index in [1.807, 2.05) is 30.3 Å². The maximum absolute atomic E-state index is 13.8. The van der Waals surface area contributed by atoms with E-state index in [4.69, 9.17) is 4.74 Å². The second-order valence-electron chi connectivity index (χ2n) is 8.25. The molecule has 1 aliphatic rings. The van der Waals surface area contributed by atoms with Gasteiger partial charge in [-0.05, 0) is 37.5 Å². The smallest absolute Gasteiger partial charge is 0.416 e. The highest BCUT2D eigenvalue weighted by molar-refractivity contribution is 5.74. The lowest BCUT2D eigenvalue weighted by atomic mass is 9.72. The molecule has 0 fully saturated rings. The molecule has 0 saturated heterocycles. The molecule has 3 rings (SSSR count). The minimum absolute atomic E-state index is 0.0600. The first-order valence-electron chi connectivity index (χ1n) is 10.5. The minimum atomic E-state index is -4.83. The highest BCUT2D eigenvalue weighted by Crippen LogP contribution is 2.51. The number of carboxylic acid groups (broad SMARTS) is 1. The predicted octanol–water partition coefficient (Wildman–Crippen LogP) is 4.92. The maximum atomic E-state index is 13.8. The second kappa shape index (κ2) is 9.46. The fourth-order valence-electron chi connectivity index (χ4n) is 4.81. The Morgan fingerprint density at radius 3 is 2.29 bits per heavy atom. The molecule has 10 heteroatoms. The van der Waals surface area contributed by atoms with E-state index in [2.05, 4.69) is 0 Å². The lowest BCUT2D eigenvalue weighted by molar-refractivity contribution is -0.438. The summed E-state index contributed by atoms with van der Waals surface area (Å²) in [6, 6.07) is 13.6. The number of ether oxygens (including phenoxy) is 1. The van der Waals surface area contributed by atoms with Crippen molar-refractivity contribution in [3.63, 3.8) is 0 Å². The first kappa shape index (κ1) is 25.2. The summed E-state index contributed by atoms with van der Waals surface area (Å²) in [5.41, 5.74) is -2.87. The molecule has 0 amide bonds. The van der Waals surface area contributed by atoms with Gasteiger partial charge in [0.1, 0.15) is 5.92 Å². The number of carboxylic acids is 1. The van der Waals surface area contributed by atoms with Crippen molar-refractivity contribution in [1.82, 2.24) is 4.90 Å². The Labute approximate surface area is 194 Å². The Morgan fingerprint density at radius 1 is 1.18 bits per heavy atom. The number of alkyl halides is 3. The van der Waals surface area contributed by atoms with Gasteiger partial charge in [-0.3, -0.25) is 14.9 Å². The maximum Gasteiger partial charge on any atom is 0.416 e. The van der Waals surface area contributed by atoms with Crippen LogP contribution in [0.2, 0.25) is 0 Å². The van der Waals surface area contributed by atoms with Crippen LogP contribution in [0.3, 0.4) is 0 Å². The van der Waals surface area contributed by atoms with Crippen molar-refractivity contribution in [2.75, 3.05) is 13.7 Å². The number of aliphatic carboxylic acids is 1. The molecule has 1 aliphatic heterocycles. The molecule has 2 aromatic rings. The molecule has 1 N–H and O–H groups in total. The lowest BCUT2D eigenvalue weighted by Crippen LogP contribution is -2.60. The molecule has 2 aromatic carbocycles. The quantitative estimate of drug-likeness (QED) is 0.449. The van der Waals surface area contributed by atoms with E-state index in [-0.39, 0.29) is 12.2 Å². The summed E-state index contributed by atoms with van der Waals surface area (Å²) in [5, 5.41) is 22.4. The zero-order chi connectivity index (χ0) is 25.3. The van der Waals surface area contributed by atoms with Gasteiger partial charge in [-0.15, -0.1) is 0 Å². The number of hydrogen-bond donors (Lipinski definition) is 1. The van der Waals surface area contributed by atoms with Crippen molar-refractivity contribution in [2.45, 2.75) is 38.1 Å². The Hall–Kier alpha value is -3.40. The Balaban J connectivity index is 2.25. The zero-order valence-corrected chi connectivity index (χ0v) is 18.9. The Morgan fingerprint density at radius 2 is 1.76 bits per heavy atom. The number of hydrogen-bond acceptors (Lipinski definition) is 5. The van der Waals surface area contributed by atoms with Gasteiger partial charge in [0, 0.05) is 13.7 Å². The van der Waals surface area contributed by atoms with Crippen LogP contribution in [0.4, 0.5) is 13.2 Å². The van der Waals surface area contributed by atoms with Crippen molar-refractivity contribution in [1.29, 1.82) is 0 Å². The predicted molar refractivity (Wildman–Crippen MR) is 117 cm³/mol. The third kappa shape index (κ3) is 4.50. The largest absolute Gasteiger partial charge is 0.481 e. The van der Waals surface area contributed by atoms with E-state index >= 15 is 0 Å². The van der Waals surface area contributed by atoms with Crippen LogP contribution >= 0.6 is 0 Å². The summed E-state index contributed by atoms with van der Waals surface area (Å²) in [6.07, 6.45) is -4.42. The Bertz CT molecular complexity index is 1100. The highest BCUT2D eigenvalue weighted by Gasteiger charge is 2.59. The van der Waals surface area contributed by atoms with Crippen LogP contribution in [0, 0.1) is 16.0 Å². The number of nitro groups is 1. The summed E-state index contributed by atoms with van der Waals surface area (Å²) in [5.74, 6) is -4.88. The third-order valence-electron chi connectivity index (χ3n) is 6.46. The van der Waals surface area contributed by atoms with Crippen LogP contribution in [-0.2, 0) is 22.1 Å². The summed E-state index contributed by atoms with van der Waals surface area (Å²) in [7, 11) is 1.25. The van der Waals surface area contributed by atoms with Gasteiger partial charge < -0.3 is 14.7 Å². The average molecular weight is 478 g/mol. The van der Waals surface area contributed by atoms with Crippen molar-refractivity contribution in [2.24, 2.45) is 5.92 Å². The van der Waals surface area contributed by atoms with Crippen LogP contribution in [-0.4, -0.2) is 40.3 Å². The molecular formula is C24H25F3N2O5. The second-order valence-corrected chi connectivity index (χ2v) is 8.25. The standard InChI is InChI=1S/C24H25F3N2O5/c1-15-21(29(32)33)19(17-11-7-8-12-18(17)24(25,26)27)20(22(30)31)23(2,34-3)28(15)14-13-16-9-5-4-6-10-16/h4-12,19-20H,13-14H2,1-3H3,(H,30,31)/t19?,20?,23-/m0/s1. The van der Waals surface area contributed by atoms with Crippen molar-refractivity contribution in [3.8, 4) is 0 Å². The fourth-order valence-corrected chi connectivity index (χ4v) is 4.81. The SMILES string of the molecule is CO[C@@]1(C)C(C(=O)O)C(c2ccccc2C(F)(F)F)C([N+](=O)[O-])=C(C)N1CCc1ccccc1. The summed E-state index contributed by atoms with van der Waals surface area (Å²) in [4.78, 5) is 25.4. The van der Waals surface area contributed by atoms with Gasteiger partial charge in [-0.2, -0.15) is 13.2 Å². The van der Waals surface area contributed by atoms with E-state index in [0.717, 1.165) is 23.8 Å². The van der Waals surface area contributed by atoms with Crippen LogP contribution in [0.5, 0.6) is 0 Å².